The summed E-state index contributed by atoms with van der Waals surface area (Å²) < 4.78 is 0. The molecule has 2 amide bonds. The van der Waals surface area contributed by atoms with Gasteiger partial charge in [0.25, 0.3) is 0 Å². The van der Waals surface area contributed by atoms with Gasteiger partial charge in [-0.3, -0.25) is 0 Å². The lowest BCUT2D eigenvalue weighted by molar-refractivity contribution is -0.0448. The Kier molecular flexibility index (Phi) is 3.46. The second-order valence-electron chi connectivity index (χ2n) is 7.32. The SMILES string of the molecule is CC(N)CN(CC1C2CC3CC(C2)CC1C3)C(N)=O. The Morgan fingerprint density at radius 3 is 2.11 bits per heavy atom. The van der Waals surface area contributed by atoms with E-state index in [0.29, 0.717) is 12.5 Å². The summed E-state index contributed by atoms with van der Waals surface area (Å²) in [5, 5.41) is 0. The molecule has 4 rings (SSSR count). The fraction of sp³-hybridized carbons (Fsp3) is 0.933. The van der Waals surface area contributed by atoms with Crippen LogP contribution in [-0.4, -0.2) is 30.1 Å². The average Bonchev–Trinajstić information content (AvgIpc) is 2.30. The first-order valence-electron chi connectivity index (χ1n) is 7.83. The zero-order valence-corrected chi connectivity index (χ0v) is 11.9. The number of nitrogens with two attached hydrogens (primary N) is 2. The maximum atomic E-state index is 11.6. The first kappa shape index (κ1) is 13.2. The Morgan fingerprint density at radius 1 is 1.16 bits per heavy atom. The van der Waals surface area contributed by atoms with Crippen molar-refractivity contribution in [2.75, 3.05) is 13.1 Å². The van der Waals surface area contributed by atoms with Crippen LogP contribution in [0.2, 0.25) is 0 Å². The van der Waals surface area contributed by atoms with Crippen LogP contribution in [0.15, 0.2) is 0 Å². The number of hydrogen-bond donors (Lipinski definition) is 2. The second-order valence-corrected chi connectivity index (χ2v) is 7.32. The molecule has 108 valence electrons. The molecule has 0 aromatic carbocycles. The third kappa shape index (κ3) is 2.60. The van der Waals surface area contributed by atoms with Crippen molar-refractivity contribution in [1.82, 2.24) is 4.90 Å². The first-order valence-corrected chi connectivity index (χ1v) is 7.83. The number of hydrogen-bond acceptors (Lipinski definition) is 2. The molecule has 4 saturated carbocycles. The summed E-state index contributed by atoms with van der Waals surface area (Å²) in [6.07, 6.45) is 7.04. The van der Waals surface area contributed by atoms with E-state index in [0.717, 1.165) is 30.2 Å². The highest BCUT2D eigenvalue weighted by Crippen LogP contribution is 2.56. The average molecular weight is 265 g/mol. The predicted octanol–water partition coefficient (Wildman–Crippen LogP) is 1.79. The molecule has 0 aliphatic heterocycles. The molecule has 0 aromatic rings. The molecule has 0 spiro atoms. The van der Waals surface area contributed by atoms with Crippen molar-refractivity contribution in [3.05, 3.63) is 0 Å². The summed E-state index contributed by atoms with van der Waals surface area (Å²) >= 11 is 0. The van der Waals surface area contributed by atoms with Crippen LogP contribution in [0, 0.1) is 29.6 Å². The van der Waals surface area contributed by atoms with E-state index in [1.54, 1.807) is 4.90 Å². The van der Waals surface area contributed by atoms with Crippen LogP contribution in [0.4, 0.5) is 4.79 Å². The maximum absolute atomic E-state index is 11.6. The normalized spacial score (nSPS) is 41.3. The summed E-state index contributed by atoms with van der Waals surface area (Å²) in [7, 11) is 0. The molecule has 4 N–H and O–H groups in total. The van der Waals surface area contributed by atoms with Crippen LogP contribution >= 0.6 is 0 Å². The Hall–Kier alpha value is -0.770. The molecule has 0 saturated heterocycles. The Morgan fingerprint density at radius 2 is 1.68 bits per heavy atom. The first-order chi connectivity index (χ1) is 9.02. The van der Waals surface area contributed by atoms with Gasteiger partial charge in [0.2, 0.25) is 0 Å². The molecule has 1 atom stereocenters. The summed E-state index contributed by atoms with van der Waals surface area (Å²) in [6, 6.07) is -0.296. The summed E-state index contributed by atoms with van der Waals surface area (Å²) in [5.41, 5.74) is 11.4. The van der Waals surface area contributed by atoms with Gasteiger partial charge in [0.1, 0.15) is 0 Å². The number of amides is 2. The van der Waals surface area contributed by atoms with Crippen LogP contribution in [0.5, 0.6) is 0 Å². The van der Waals surface area contributed by atoms with E-state index in [2.05, 4.69) is 0 Å². The van der Waals surface area contributed by atoms with Crippen LogP contribution < -0.4 is 11.5 Å². The van der Waals surface area contributed by atoms with E-state index in [9.17, 15) is 4.79 Å². The monoisotopic (exact) mass is 265 g/mol. The van der Waals surface area contributed by atoms with Crippen molar-refractivity contribution in [2.24, 2.45) is 41.1 Å². The number of rotatable bonds is 4. The van der Waals surface area contributed by atoms with E-state index < -0.39 is 0 Å². The molecule has 1 unspecified atom stereocenters. The zero-order valence-electron chi connectivity index (χ0n) is 11.9. The standard InChI is InChI=1S/C15H27N3O/c1-9(16)7-18(15(17)19)8-14-12-3-10-2-11(5-12)6-13(14)4-10/h9-14H,2-8,16H2,1H3,(H2,17,19). The van der Waals surface area contributed by atoms with Crippen molar-refractivity contribution >= 4 is 6.03 Å². The second kappa shape index (κ2) is 4.97. The highest BCUT2D eigenvalue weighted by molar-refractivity contribution is 5.72. The summed E-state index contributed by atoms with van der Waals surface area (Å²) in [6.45, 7) is 3.37. The molecule has 0 radical (unpaired) electrons. The van der Waals surface area contributed by atoms with Crippen LogP contribution in [0.1, 0.15) is 39.0 Å². The van der Waals surface area contributed by atoms with Crippen molar-refractivity contribution in [3.8, 4) is 0 Å². The van der Waals surface area contributed by atoms with Crippen molar-refractivity contribution in [2.45, 2.75) is 45.1 Å². The smallest absolute Gasteiger partial charge is 0.314 e. The lowest BCUT2D eigenvalue weighted by Crippen LogP contribution is -2.52. The van der Waals surface area contributed by atoms with Crippen molar-refractivity contribution in [1.29, 1.82) is 0 Å². The van der Waals surface area contributed by atoms with Gasteiger partial charge in [-0.1, -0.05) is 0 Å². The molecular formula is C15H27N3O. The number of carbonyl (C=O) groups is 1. The van der Waals surface area contributed by atoms with Gasteiger partial charge in [0.15, 0.2) is 0 Å². The third-order valence-corrected chi connectivity index (χ3v) is 5.67. The van der Waals surface area contributed by atoms with Crippen molar-refractivity contribution in [3.63, 3.8) is 0 Å². The van der Waals surface area contributed by atoms with Gasteiger partial charge in [-0.25, -0.2) is 4.79 Å². The molecule has 4 aliphatic rings. The predicted molar refractivity (Wildman–Crippen MR) is 75.3 cm³/mol. The van der Waals surface area contributed by atoms with Gasteiger partial charge in [-0.2, -0.15) is 0 Å². The minimum Gasteiger partial charge on any atom is -0.351 e. The maximum Gasteiger partial charge on any atom is 0.314 e. The van der Waals surface area contributed by atoms with Gasteiger partial charge in [0.05, 0.1) is 0 Å². The Bertz CT molecular complexity index is 327. The lowest BCUT2D eigenvalue weighted by atomic mass is 9.52. The van der Waals surface area contributed by atoms with E-state index in [1.165, 1.54) is 32.1 Å². The fourth-order valence-corrected chi connectivity index (χ4v) is 5.19. The lowest BCUT2D eigenvalue weighted by Gasteiger charge is -2.55. The van der Waals surface area contributed by atoms with Gasteiger partial charge >= 0.3 is 6.03 Å². The van der Waals surface area contributed by atoms with Crippen LogP contribution in [0.25, 0.3) is 0 Å². The Balaban J connectivity index is 1.67. The molecule has 4 heteroatoms. The molecule has 4 aliphatic carbocycles. The van der Waals surface area contributed by atoms with E-state index in [-0.39, 0.29) is 12.1 Å². The fourth-order valence-electron chi connectivity index (χ4n) is 5.19. The molecule has 4 fully saturated rings. The van der Waals surface area contributed by atoms with E-state index >= 15 is 0 Å². The minimum absolute atomic E-state index is 0.00401. The summed E-state index contributed by atoms with van der Waals surface area (Å²) in [5.74, 6) is 4.32. The highest BCUT2D eigenvalue weighted by Gasteiger charge is 2.48. The highest BCUT2D eigenvalue weighted by atomic mass is 16.2. The van der Waals surface area contributed by atoms with E-state index in [1.807, 2.05) is 6.92 Å². The third-order valence-electron chi connectivity index (χ3n) is 5.67. The molecule has 19 heavy (non-hydrogen) atoms. The van der Waals surface area contributed by atoms with E-state index in [4.69, 9.17) is 11.5 Å². The number of urea groups is 1. The molecule has 0 heterocycles. The largest absolute Gasteiger partial charge is 0.351 e. The van der Waals surface area contributed by atoms with Gasteiger partial charge in [-0.05, 0) is 68.6 Å². The van der Waals surface area contributed by atoms with Crippen molar-refractivity contribution < 1.29 is 4.79 Å². The topological polar surface area (TPSA) is 72.3 Å². The quantitative estimate of drug-likeness (QED) is 0.813. The number of carbonyl (C=O) groups excluding carboxylic acids is 1. The molecule has 4 nitrogen and oxygen atoms in total. The van der Waals surface area contributed by atoms with Gasteiger partial charge in [-0.15, -0.1) is 0 Å². The molecular weight excluding hydrogens is 238 g/mol. The number of nitrogens with zero attached hydrogens (tertiary/aromatic N) is 1. The molecule has 0 aromatic heterocycles. The van der Waals surface area contributed by atoms with Gasteiger partial charge < -0.3 is 16.4 Å². The zero-order chi connectivity index (χ0) is 13.6. The summed E-state index contributed by atoms with van der Waals surface area (Å²) in [4.78, 5) is 13.4. The molecule has 4 bridgehead atoms. The Labute approximate surface area is 115 Å². The number of primary amides is 1. The van der Waals surface area contributed by atoms with Gasteiger partial charge in [0, 0.05) is 19.1 Å². The minimum atomic E-state index is -0.300. The van der Waals surface area contributed by atoms with Crippen LogP contribution in [0.3, 0.4) is 0 Å². The van der Waals surface area contributed by atoms with Crippen LogP contribution in [-0.2, 0) is 0 Å².